The zero-order valence-corrected chi connectivity index (χ0v) is 11.9. The molecule has 0 saturated carbocycles. The Morgan fingerprint density at radius 2 is 1.29 bits per heavy atom. The lowest BCUT2D eigenvalue weighted by atomic mass is 10.0. The summed E-state index contributed by atoms with van der Waals surface area (Å²) >= 11 is 0. The number of hydrogen-bond acceptors (Lipinski definition) is 2. The molecule has 17 heavy (non-hydrogen) atoms. The Bertz CT molecular complexity index is 170. The second-order valence-corrected chi connectivity index (χ2v) is 5.56. The van der Waals surface area contributed by atoms with E-state index in [0.717, 1.165) is 12.1 Å². The van der Waals surface area contributed by atoms with Crippen molar-refractivity contribution in [2.24, 2.45) is 0 Å². The maximum Gasteiger partial charge on any atom is 0.0195 e. The van der Waals surface area contributed by atoms with Crippen LogP contribution in [0.2, 0.25) is 0 Å². The van der Waals surface area contributed by atoms with Gasteiger partial charge in [-0.3, -0.25) is 0 Å². The van der Waals surface area contributed by atoms with Gasteiger partial charge in [0.05, 0.1) is 0 Å². The average molecular weight is 240 g/mol. The summed E-state index contributed by atoms with van der Waals surface area (Å²) in [7, 11) is 0. The molecule has 0 bridgehead atoms. The molecule has 0 aromatic rings. The molecule has 0 aliphatic carbocycles. The maximum atomic E-state index is 3.83. The second kappa shape index (κ2) is 9.90. The van der Waals surface area contributed by atoms with Gasteiger partial charge in [-0.2, -0.15) is 0 Å². The van der Waals surface area contributed by atoms with Crippen molar-refractivity contribution in [2.45, 2.75) is 83.7 Å². The van der Waals surface area contributed by atoms with Gasteiger partial charge in [0.1, 0.15) is 0 Å². The van der Waals surface area contributed by atoms with Crippen molar-refractivity contribution in [3.63, 3.8) is 0 Å². The summed E-state index contributed by atoms with van der Waals surface area (Å²) in [5.41, 5.74) is 0. The van der Waals surface area contributed by atoms with E-state index in [9.17, 15) is 0 Å². The van der Waals surface area contributed by atoms with E-state index < -0.39 is 0 Å². The van der Waals surface area contributed by atoms with Gasteiger partial charge in [-0.05, 0) is 12.8 Å². The van der Waals surface area contributed by atoms with E-state index in [-0.39, 0.29) is 0 Å². The molecule has 0 radical (unpaired) electrons. The molecule has 1 rings (SSSR count). The molecule has 2 atom stereocenters. The van der Waals surface area contributed by atoms with E-state index in [1.54, 1.807) is 0 Å². The first-order valence-electron chi connectivity index (χ1n) is 7.83. The summed E-state index contributed by atoms with van der Waals surface area (Å²) in [6, 6.07) is 1.46. The minimum atomic E-state index is 0.728. The Morgan fingerprint density at radius 3 is 1.88 bits per heavy atom. The van der Waals surface area contributed by atoms with E-state index in [1.807, 2.05) is 0 Å². The molecule has 102 valence electrons. The molecule has 1 aliphatic rings. The van der Waals surface area contributed by atoms with Crippen molar-refractivity contribution in [3.05, 3.63) is 0 Å². The highest BCUT2D eigenvalue weighted by molar-refractivity contribution is 4.83. The predicted octanol–water partition coefficient (Wildman–Crippen LogP) is 3.47. The lowest BCUT2D eigenvalue weighted by molar-refractivity contribution is 0.303. The highest BCUT2D eigenvalue weighted by Crippen LogP contribution is 2.10. The largest absolute Gasteiger partial charge is 0.314 e. The van der Waals surface area contributed by atoms with Gasteiger partial charge in [0.25, 0.3) is 0 Å². The summed E-state index contributed by atoms with van der Waals surface area (Å²) in [6.45, 7) is 6.92. The number of nitrogens with one attached hydrogen (secondary N) is 2. The molecule has 1 heterocycles. The number of rotatable bonds is 9. The van der Waals surface area contributed by atoms with E-state index in [4.69, 9.17) is 0 Å². The van der Waals surface area contributed by atoms with E-state index in [1.165, 1.54) is 70.9 Å². The Hall–Kier alpha value is -0.0800. The molecule has 1 fully saturated rings. The van der Waals surface area contributed by atoms with E-state index in [2.05, 4.69) is 24.5 Å². The van der Waals surface area contributed by atoms with Crippen molar-refractivity contribution in [2.75, 3.05) is 13.1 Å². The monoisotopic (exact) mass is 240 g/mol. The smallest absolute Gasteiger partial charge is 0.0195 e. The van der Waals surface area contributed by atoms with Crippen molar-refractivity contribution in [1.82, 2.24) is 10.6 Å². The summed E-state index contributed by atoms with van der Waals surface area (Å²) in [5.74, 6) is 0. The van der Waals surface area contributed by atoms with Crippen molar-refractivity contribution < 1.29 is 0 Å². The first-order valence-corrected chi connectivity index (χ1v) is 7.83. The van der Waals surface area contributed by atoms with Crippen molar-refractivity contribution >= 4 is 0 Å². The summed E-state index contributed by atoms with van der Waals surface area (Å²) < 4.78 is 0. The highest BCUT2D eigenvalue weighted by Gasteiger charge is 2.19. The number of hydrogen-bond donors (Lipinski definition) is 2. The van der Waals surface area contributed by atoms with E-state index >= 15 is 0 Å². The molecule has 0 aromatic carbocycles. The molecule has 2 N–H and O–H groups in total. The van der Waals surface area contributed by atoms with Gasteiger partial charge in [-0.25, -0.2) is 0 Å². The molecule has 1 saturated heterocycles. The SMILES string of the molecule is CCCCCCC1CNCC(CCCCC)N1. The summed E-state index contributed by atoms with van der Waals surface area (Å²) in [4.78, 5) is 0. The van der Waals surface area contributed by atoms with Gasteiger partial charge in [-0.15, -0.1) is 0 Å². The normalized spacial score (nSPS) is 25.1. The van der Waals surface area contributed by atoms with Gasteiger partial charge in [0, 0.05) is 25.2 Å². The van der Waals surface area contributed by atoms with Crippen LogP contribution in [0.15, 0.2) is 0 Å². The highest BCUT2D eigenvalue weighted by atomic mass is 15.1. The van der Waals surface area contributed by atoms with E-state index in [0.29, 0.717) is 0 Å². The van der Waals surface area contributed by atoms with Crippen LogP contribution >= 0.6 is 0 Å². The van der Waals surface area contributed by atoms with Gasteiger partial charge in [0.15, 0.2) is 0 Å². The van der Waals surface area contributed by atoms with Crippen LogP contribution in [-0.4, -0.2) is 25.2 Å². The maximum absolute atomic E-state index is 3.83. The molecule has 0 amide bonds. The minimum Gasteiger partial charge on any atom is -0.314 e. The fourth-order valence-corrected chi connectivity index (χ4v) is 2.71. The van der Waals surface area contributed by atoms with Gasteiger partial charge in [0.2, 0.25) is 0 Å². The topological polar surface area (TPSA) is 24.1 Å². The summed E-state index contributed by atoms with van der Waals surface area (Å²) in [5, 5.41) is 7.42. The molecular weight excluding hydrogens is 208 g/mol. The standard InChI is InChI=1S/C15H32N2/c1-3-5-7-9-11-15-13-16-12-14(17-15)10-8-6-4-2/h14-17H,3-13H2,1-2H3. The van der Waals surface area contributed by atoms with Crippen molar-refractivity contribution in [3.8, 4) is 0 Å². The van der Waals surface area contributed by atoms with Crippen molar-refractivity contribution in [1.29, 1.82) is 0 Å². The average Bonchev–Trinajstić information content (AvgIpc) is 2.36. The molecule has 1 aliphatic heterocycles. The zero-order chi connectivity index (χ0) is 12.3. The Balaban J connectivity index is 2.06. The van der Waals surface area contributed by atoms with Crippen LogP contribution in [0.4, 0.5) is 0 Å². The van der Waals surface area contributed by atoms with Crippen LogP contribution in [0, 0.1) is 0 Å². The first-order chi connectivity index (χ1) is 8.36. The molecule has 2 heteroatoms. The van der Waals surface area contributed by atoms with Crippen LogP contribution < -0.4 is 10.6 Å². The molecule has 2 nitrogen and oxygen atoms in total. The fourth-order valence-electron chi connectivity index (χ4n) is 2.71. The third-order valence-corrected chi connectivity index (χ3v) is 3.82. The first kappa shape index (κ1) is 15.0. The van der Waals surface area contributed by atoms with Gasteiger partial charge in [-0.1, -0.05) is 58.8 Å². The minimum absolute atomic E-state index is 0.728. The zero-order valence-electron chi connectivity index (χ0n) is 11.9. The third-order valence-electron chi connectivity index (χ3n) is 3.82. The second-order valence-electron chi connectivity index (χ2n) is 5.56. The van der Waals surface area contributed by atoms with Gasteiger partial charge < -0.3 is 10.6 Å². The third kappa shape index (κ3) is 7.05. The van der Waals surface area contributed by atoms with Crippen LogP contribution in [-0.2, 0) is 0 Å². The Morgan fingerprint density at radius 1 is 0.765 bits per heavy atom. The van der Waals surface area contributed by atoms with Crippen LogP contribution in [0.1, 0.15) is 71.6 Å². The Kier molecular flexibility index (Phi) is 8.72. The molecule has 2 unspecified atom stereocenters. The molecular formula is C15H32N2. The van der Waals surface area contributed by atoms with Gasteiger partial charge >= 0.3 is 0 Å². The number of piperazine rings is 1. The molecule has 0 aromatic heterocycles. The van der Waals surface area contributed by atoms with Crippen LogP contribution in [0.25, 0.3) is 0 Å². The lowest BCUT2D eigenvalue weighted by Gasteiger charge is -2.32. The Labute approximate surface area is 108 Å². The lowest BCUT2D eigenvalue weighted by Crippen LogP contribution is -2.54. The van der Waals surface area contributed by atoms with Crippen LogP contribution in [0.3, 0.4) is 0 Å². The fraction of sp³-hybridized carbons (Fsp3) is 1.00. The molecule has 0 spiro atoms. The summed E-state index contributed by atoms with van der Waals surface area (Å²) in [6.07, 6.45) is 12.4. The predicted molar refractivity (Wildman–Crippen MR) is 76.5 cm³/mol. The quantitative estimate of drug-likeness (QED) is 0.603. The number of unbranched alkanes of at least 4 members (excludes halogenated alkanes) is 5. The van der Waals surface area contributed by atoms with Crippen LogP contribution in [0.5, 0.6) is 0 Å².